The Labute approximate surface area is 94.1 Å². The number of H-pyrrole nitrogens is 1. The zero-order valence-corrected chi connectivity index (χ0v) is 9.55. The van der Waals surface area contributed by atoms with Crippen LogP contribution in [0, 0.1) is 0 Å². The van der Waals surface area contributed by atoms with Gasteiger partial charge in [0.1, 0.15) is 0 Å². The number of aromatic nitrogens is 2. The molecule has 1 aromatic carbocycles. The maximum Gasteiger partial charge on any atom is 0.0682 e. The van der Waals surface area contributed by atoms with E-state index in [9.17, 15) is 0 Å². The second-order valence-corrected chi connectivity index (χ2v) is 4.36. The summed E-state index contributed by atoms with van der Waals surface area (Å²) in [5, 5.41) is 7.19. The zero-order chi connectivity index (χ0) is 10.5. The second-order valence-electron chi connectivity index (χ2n) is 3.38. The Morgan fingerprint density at radius 3 is 2.80 bits per heavy atom. The van der Waals surface area contributed by atoms with Crippen molar-refractivity contribution in [2.45, 2.75) is 6.42 Å². The summed E-state index contributed by atoms with van der Waals surface area (Å²) in [7, 11) is 0. The van der Waals surface area contributed by atoms with Crippen LogP contribution in [0.3, 0.4) is 0 Å². The summed E-state index contributed by atoms with van der Waals surface area (Å²) < 4.78 is 0. The highest BCUT2D eigenvalue weighted by Crippen LogP contribution is 2.21. The molecule has 0 radical (unpaired) electrons. The Morgan fingerprint density at radius 1 is 1.27 bits per heavy atom. The van der Waals surface area contributed by atoms with Crippen LogP contribution in [-0.4, -0.2) is 22.2 Å². The van der Waals surface area contributed by atoms with Gasteiger partial charge in [-0.25, -0.2) is 0 Å². The molecule has 2 nitrogen and oxygen atoms in total. The van der Waals surface area contributed by atoms with Crippen molar-refractivity contribution in [1.29, 1.82) is 0 Å². The van der Waals surface area contributed by atoms with Crippen LogP contribution in [0.5, 0.6) is 0 Å². The van der Waals surface area contributed by atoms with E-state index in [2.05, 4.69) is 40.7 Å². The minimum Gasteiger partial charge on any atom is -0.278 e. The number of aromatic amines is 1. The highest BCUT2D eigenvalue weighted by Gasteiger charge is 2.06. The molecule has 0 aliphatic carbocycles. The number of hydrogen-bond donors (Lipinski definition) is 1. The topological polar surface area (TPSA) is 28.7 Å². The minimum absolute atomic E-state index is 1.07. The third-order valence-electron chi connectivity index (χ3n) is 2.36. The summed E-state index contributed by atoms with van der Waals surface area (Å²) in [5.41, 5.74) is 3.67. The minimum atomic E-state index is 1.07. The first-order chi connectivity index (χ1) is 7.42. The van der Waals surface area contributed by atoms with Crippen molar-refractivity contribution in [2.75, 3.05) is 12.0 Å². The second kappa shape index (κ2) is 5.03. The molecule has 3 heteroatoms. The van der Waals surface area contributed by atoms with Gasteiger partial charge in [-0.15, -0.1) is 0 Å². The SMILES string of the molecule is CSCCc1cn[nH]c1-c1ccccc1. The van der Waals surface area contributed by atoms with Gasteiger partial charge in [0, 0.05) is 0 Å². The molecule has 0 spiro atoms. The van der Waals surface area contributed by atoms with Gasteiger partial charge < -0.3 is 0 Å². The van der Waals surface area contributed by atoms with Crippen LogP contribution in [0.1, 0.15) is 5.56 Å². The maximum atomic E-state index is 4.12. The standard InChI is InChI=1S/C12H14N2S/c1-15-8-7-11-9-13-14-12(11)10-5-3-2-4-6-10/h2-6,9H,7-8H2,1H3,(H,13,14). The number of benzene rings is 1. The summed E-state index contributed by atoms with van der Waals surface area (Å²) in [5.74, 6) is 1.14. The van der Waals surface area contributed by atoms with Gasteiger partial charge in [-0.3, -0.25) is 5.10 Å². The van der Waals surface area contributed by atoms with E-state index in [0.717, 1.165) is 17.9 Å². The van der Waals surface area contributed by atoms with Crippen LogP contribution in [0.15, 0.2) is 36.5 Å². The van der Waals surface area contributed by atoms with Gasteiger partial charge >= 0.3 is 0 Å². The molecule has 15 heavy (non-hydrogen) atoms. The smallest absolute Gasteiger partial charge is 0.0682 e. The van der Waals surface area contributed by atoms with Gasteiger partial charge in [-0.05, 0) is 29.6 Å². The lowest BCUT2D eigenvalue weighted by molar-refractivity contribution is 1.10. The van der Waals surface area contributed by atoms with E-state index in [1.54, 1.807) is 0 Å². The molecule has 78 valence electrons. The lowest BCUT2D eigenvalue weighted by atomic mass is 10.1. The predicted molar refractivity (Wildman–Crippen MR) is 66.1 cm³/mol. The molecule has 0 atom stereocenters. The normalized spacial score (nSPS) is 10.5. The summed E-state index contributed by atoms with van der Waals surface area (Å²) in [6.45, 7) is 0. The van der Waals surface area contributed by atoms with E-state index in [-0.39, 0.29) is 0 Å². The average Bonchev–Trinajstić information content (AvgIpc) is 2.75. The molecular weight excluding hydrogens is 204 g/mol. The Bertz CT molecular complexity index is 409. The zero-order valence-electron chi connectivity index (χ0n) is 8.73. The number of aryl methyl sites for hydroxylation is 1. The molecule has 0 saturated heterocycles. The molecule has 2 rings (SSSR count). The van der Waals surface area contributed by atoms with Crippen molar-refractivity contribution in [1.82, 2.24) is 10.2 Å². The molecule has 1 heterocycles. The van der Waals surface area contributed by atoms with Gasteiger partial charge in [-0.2, -0.15) is 16.9 Å². The van der Waals surface area contributed by atoms with Crippen LogP contribution in [-0.2, 0) is 6.42 Å². The van der Waals surface area contributed by atoms with Crippen LogP contribution < -0.4 is 0 Å². The fourth-order valence-electron chi connectivity index (χ4n) is 1.57. The first-order valence-electron chi connectivity index (χ1n) is 4.98. The first kappa shape index (κ1) is 10.3. The largest absolute Gasteiger partial charge is 0.278 e. The van der Waals surface area contributed by atoms with E-state index < -0.39 is 0 Å². The van der Waals surface area contributed by atoms with Gasteiger partial charge in [0.15, 0.2) is 0 Å². The molecule has 0 saturated carbocycles. The van der Waals surface area contributed by atoms with Crippen molar-refractivity contribution in [2.24, 2.45) is 0 Å². The van der Waals surface area contributed by atoms with Gasteiger partial charge in [-0.1, -0.05) is 30.3 Å². The summed E-state index contributed by atoms with van der Waals surface area (Å²) in [6.07, 6.45) is 5.13. The Hall–Kier alpha value is -1.22. The summed E-state index contributed by atoms with van der Waals surface area (Å²) in [6, 6.07) is 10.3. The number of thioether (sulfide) groups is 1. The van der Waals surface area contributed by atoms with Crippen molar-refractivity contribution in [3.05, 3.63) is 42.1 Å². The predicted octanol–water partition coefficient (Wildman–Crippen LogP) is 2.98. The average molecular weight is 218 g/mol. The van der Waals surface area contributed by atoms with Crippen LogP contribution >= 0.6 is 11.8 Å². The highest BCUT2D eigenvalue weighted by molar-refractivity contribution is 7.98. The first-order valence-corrected chi connectivity index (χ1v) is 6.38. The molecule has 0 unspecified atom stereocenters. The van der Waals surface area contributed by atoms with Crippen LogP contribution in [0.4, 0.5) is 0 Å². The lowest BCUT2D eigenvalue weighted by Crippen LogP contribution is -1.89. The number of nitrogens with zero attached hydrogens (tertiary/aromatic N) is 1. The fourth-order valence-corrected chi connectivity index (χ4v) is 1.99. The van der Waals surface area contributed by atoms with E-state index in [1.165, 1.54) is 11.1 Å². The quantitative estimate of drug-likeness (QED) is 0.854. The van der Waals surface area contributed by atoms with E-state index in [0.29, 0.717) is 0 Å². The molecule has 0 fully saturated rings. The Morgan fingerprint density at radius 2 is 2.07 bits per heavy atom. The molecule has 0 aliphatic heterocycles. The van der Waals surface area contributed by atoms with E-state index >= 15 is 0 Å². The molecule has 0 aliphatic rings. The van der Waals surface area contributed by atoms with Gasteiger partial charge in [0.25, 0.3) is 0 Å². The van der Waals surface area contributed by atoms with Crippen molar-refractivity contribution < 1.29 is 0 Å². The van der Waals surface area contributed by atoms with Crippen molar-refractivity contribution >= 4 is 11.8 Å². The maximum absolute atomic E-state index is 4.12. The summed E-state index contributed by atoms with van der Waals surface area (Å²) >= 11 is 1.86. The van der Waals surface area contributed by atoms with E-state index in [4.69, 9.17) is 0 Å². The molecule has 0 amide bonds. The molecule has 1 N–H and O–H groups in total. The molecular formula is C12H14N2S. The fraction of sp³-hybridized carbons (Fsp3) is 0.250. The monoisotopic (exact) mass is 218 g/mol. The number of nitrogens with one attached hydrogen (secondary N) is 1. The lowest BCUT2D eigenvalue weighted by Gasteiger charge is -2.01. The number of rotatable bonds is 4. The van der Waals surface area contributed by atoms with Crippen molar-refractivity contribution in [3.63, 3.8) is 0 Å². The van der Waals surface area contributed by atoms with E-state index in [1.807, 2.05) is 24.0 Å². The summed E-state index contributed by atoms with van der Waals surface area (Å²) in [4.78, 5) is 0. The van der Waals surface area contributed by atoms with Crippen molar-refractivity contribution in [3.8, 4) is 11.3 Å². The van der Waals surface area contributed by atoms with Gasteiger partial charge in [0.05, 0.1) is 11.9 Å². The molecule has 1 aromatic heterocycles. The van der Waals surface area contributed by atoms with Gasteiger partial charge in [0.2, 0.25) is 0 Å². The molecule has 2 aromatic rings. The third kappa shape index (κ3) is 2.42. The Kier molecular flexibility index (Phi) is 3.45. The third-order valence-corrected chi connectivity index (χ3v) is 2.97. The van der Waals surface area contributed by atoms with Crippen LogP contribution in [0.2, 0.25) is 0 Å². The number of hydrogen-bond acceptors (Lipinski definition) is 2. The van der Waals surface area contributed by atoms with Crippen LogP contribution in [0.25, 0.3) is 11.3 Å². The highest BCUT2D eigenvalue weighted by atomic mass is 32.2. The molecule has 0 bridgehead atoms. The Balaban J connectivity index is 2.25.